The van der Waals surface area contributed by atoms with Gasteiger partial charge < -0.3 is 10.1 Å². The highest BCUT2D eigenvalue weighted by Gasteiger charge is 2.36. The minimum atomic E-state index is -0.234. The second-order valence-corrected chi connectivity index (χ2v) is 10.7. The molecule has 0 aliphatic carbocycles. The van der Waals surface area contributed by atoms with Crippen LogP contribution in [-0.4, -0.2) is 68.8 Å². The lowest BCUT2D eigenvalue weighted by Gasteiger charge is -2.26. The number of rotatable bonds is 8. The van der Waals surface area contributed by atoms with Gasteiger partial charge in [0.1, 0.15) is 15.8 Å². The van der Waals surface area contributed by atoms with Crippen LogP contribution in [0, 0.1) is 0 Å². The molecule has 2 saturated heterocycles. The summed E-state index contributed by atoms with van der Waals surface area (Å²) in [6.45, 7) is 6.95. The zero-order valence-corrected chi connectivity index (χ0v) is 22.3. The molecule has 0 bridgehead atoms. The number of thioether (sulfide) groups is 1. The van der Waals surface area contributed by atoms with Gasteiger partial charge in [0, 0.05) is 25.8 Å². The number of fused-ring (bicyclic) bond motifs is 1. The standard InChI is InChI=1S/C27H29N5O3S2/c1-19(20-8-3-2-4-9-20)32-26(34)22(37-27(32)36)18-21-24(28-11-7-12-30-14-16-35-17-15-30)29-23-10-5-6-13-31(23)25(21)33/h2-6,8-10,13,18-19,28H,7,11-12,14-17H2,1H3. The molecule has 37 heavy (non-hydrogen) atoms. The number of nitrogens with zero attached hydrogens (tertiary/aromatic N) is 4. The third kappa shape index (κ3) is 5.62. The predicted molar refractivity (Wildman–Crippen MR) is 152 cm³/mol. The highest BCUT2D eigenvalue weighted by atomic mass is 32.2. The van der Waals surface area contributed by atoms with E-state index in [-0.39, 0.29) is 17.5 Å². The molecule has 3 aromatic rings. The second kappa shape index (κ2) is 11.6. The van der Waals surface area contributed by atoms with Gasteiger partial charge in [-0.2, -0.15) is 0 Å². The number of pyridine rings is 1. The number of morpholine rings is 1. The summed E-state index contributed by atoms with van der Waals surface area (Å²) < 4.78 is 7.39. The number of benzene rings is 1. The summed E-state index contributed by atoms with van der Waals surface area (Å²) in [5.41, 5.74) is 1.66. The van der Waals surface area contributed by atoms with E-state index >= 15 is 0 Å². The maximum atomic E-state index is 13.5. The van der Waals surface area contributed by atoms with E-state index in [1.165, 1.54) is 16.2 Å². The van der Waals surface area contributed by atoms with Gasteiger partial charge in [-0.25, -0.2) is 4.98 Å². The molecule has 0 saturated carbocycles. The highest BCUT2D eigenvalue weighted by Crippen LogP contribution is 2.38. The predicted octanol–water partition coefficient (Wildman–Crippen LogP) is 3.79. The number of anilines is 1. The molecule has 192 valence electrons. The van der Waals surface area contributed by atoms with Crippen LogP contribution in [0.15, 0.2) is 64.4 Å². The third-order valence-electron chi connectivity index (χ3n) is 6.58. The van der Waals surface area contributed by atoms with E-state index in [1.807, 2.05) is 43.3 Å². The monoisotopic (exact) mass is 535 g/mol. The minimum absolute atomic E-state index is 0.206. The molecule has 0 radical (unpaired) electrons. The van der Waals surface area contributed by atoms with Gasteiger partial charge in [-0.1, -0.05) is 60.4 Å². The topological polar surface area (TPSA) is 79.2 Å². The zero-order valence-electron chi connectivity index (χ0n) is 20.6. The number of thiocarbonyl (C=S) groups is 1. The molecule has 1 N–H and O–H groups in total. The van der Waals surface area contributed by atoms with Crippen LogP contribution in [0.2, 0.25) is 0 Å². The molecular formula is C27H29N5O3S2. The Morgan fingerprint density at radius 2 is 1.89 bits per heavy atom. The summed E-state index contributed by atoms with van der Waals surface area (Å²) in [5, 5.41) is 3.35. The molecule has 2 aliphatic heterocycles. The van der Waals surface area contributed by atoms with Crippen molar-refractivity contribution in [3.8, 4) is 0 Å². The molecule has 2 aliphatic rings. The number of hydrogen-bond donors (Lipinski definition) is 1. The summed E-state index contributed by atoms with van der Waals surface area (Å²) in [7, 11) is 0. The van der Waals surface area contributed by atoms with Gasteiger partial charge in [0.15, 0.2) is 0 Å². The van der Waals surface area contributed by atoms with Crippen LogP contribution in [0.25, 0.3) is 11.7 Å². The zero-order chi connectivity index (χ0) is 25.8. The molecule has 1 atom stereocenters. The number of carbonyl (C=O) groups is 1. The number of aromatic nitrogens is 2. The van der Waals surface area contributed by atoms with Crippen molar-refractivity contribution in [1.82, 2.24) is 19.2 Å². The van der Waals surface area contributed by atoms with Gasteiger partial charge in [-0.15, -0.1) is 0 Å². The fraction of sp³-hybridized carbons (Fsp3) is 0.333. The smallest absolute Gasteiger partial charge is 0.267 e. The van der Waals surface area contributed by atoms with Gasteiger partial charge in [-0.05, 0) is 43.7 Å². The third-order valence-corrected chi connectivity index (χ3v) is 7.91. The van der Waals surface area contributed by atoms with E-state index in [2.05, 4.69) is 10.2 Å². The fourth-order valence-electron chi connectivity index (χ4n) is 4.53. The Balaban J connectivity index is 1.41. The highest BCUT2D eigenvalue weighted by molar-refractivity contribution is 8.26. The maximum Gasteiger partial charge on any atom is 0.267 e. The summed E-state index contributed by atoms with van der Waals surface area (Å²) in [6.07, 6.45) is 4.22. The summed E-state index contributed by atoms with van der Waals surface area (Å²) in [5.74, 6) is 0.265. The van der Waals surface area contributed by atoms with Crippen LogP contribution >= 0.6 is 24.0 Å². The van der Waals surface area contributed by atoms with E-state index in [0.29, 0.717) is 32.8 Å². The van der Waals surface area contributed by atoms with E-state index in [0.717, 1.165) is 44.8 Å². The number of amides is 1. The molecule has 4 heterocycles. The van der Waals surface area contributed by atoms with Crippen molar-refractivity contribution in [3.05, 3.63) is 81.1 Å². The van der Waals surface area contributed by atoms with Gasteiger partial charge >= 0.3 is 0 Å². The Hall–Kier alpha value is -3.05. The molecule has 0 spiro atoms. The molecule has 5 rings (SSSR count). The van der Waals surface area contributed by atoms with Crippen molar-refractivity contribution < 1.29 is 9.53 Å². The first-order valence-electron chi connectivity index (χ1n) is 12.4. The average molecular weight is 536 g/mol. The van der Waals surface area contributed by atoms with Gasteiger partial charge in [-0.3, -0.25) is 23.8 Å². The Bertz CT molecular complexity index is 1390. The maximum absolute atomic E-state index is 13.5. The van der Waals surface area contributed by atoms with E-state index < -0.39 is 0 Å². The Labute approximate surface area is 225 Å². The largest absolute Gasteiger partial charge is 0.379 e. The first-order chi connectivity index (χ1) is 18.0. The number of carbonyl (C=O) groups excluding carboxylic acids is 1. The fourth-order valence-corrected chi connectivity index (χ4v) is 5.93. The Morgan fingerprint density at radius 1 is 1.14 bits per heavy atom. The Kier molecular flexibility index (Phi) is 7.99. The normalized spacial score (nSPS) is 18.6. The molecule has 8 nitrogen and oxygen atoms in total. The van der Waals surface area contributed by atoms with Crippen LogP contribution < -0.4 is 10.9 Å². The van der Waals surface area contributed by atoms with Crippen molar-refractivity contribution >= 4 is 51.7 Å². The molecule has 2 aromatic heterocycles. The van der Waals surface area contributed by atoms with Gasteiger partial charge in [0.25, 0.3) is 11.5 Å². The summed E-state index contributed by atoms with van der Waals surface area (Å²) >= 11 is 6.79. The lowest BCUT2D eigenvalue weighted by atomic mass is 10.1. The van der Waals surface area contributed by atoms with Crippen LogP contribution in [0.4, 0.5) is 5.82 Å². The van der Waals surface area contributed by atoms with E-state index in [1.54, 1.807) is 29.3 Å². The molecular weight excluding hydrogens is 506 g/mol. The number of ether oxygens (including phenoxy) is 1. The second-order valence-electron chi connectivity index (χ2n) is 8.98. The molecule has 1 unspecified atom stereocenters. The lowest BCUT2D eigenvalue weighted by Crippen LogP contribution is -2.37. The van der Waals surface area contributed by atoms with Gasteiger partial charge in [0.05, 0.1) is 29.7 Å². The summed E-state index contributed by atoms with van der Waals surface area (Å²) in [6, 6.07) is 15.0. The van der Waals surface area contributed by atoms with Gasteiger partial charge in [0.2, 0.25) is 0 Å². The quantitative estimate of drug-likeness (QED) is 0.265. The lowest BCUT2D eigenvalue weighted by molar-refractivity contribution is -0.123. The number of hydrogen-bond acceptors (Lipinski definition) is 8. The van der Waals surface area contributed by atoms with E-state index in [4.69, 9.17) is 21.9 Å². The minimum Gasteiger partial charge on any atom is -0.379 e. The van der Waals surface area contributed by atoms with Crippen LogP contribution in [0.5, 0.6) is 0 Å². The van der Waals surface area contributed by atoms with E-state index in [9.17, 15) is 9.59 Å². The average Bonchev–Trinajstić information content (AvgIpc) is 3.21. The summed E-state index contributed by atoms with van der Waals surface area (Å²) in [4.78, 5) is 36.0. The molecule has 10 heteroatoms. The molecule has 1 aromatic carbocycles. The molecule has 1 amide bonds. The van der Waals surface area contributed by atoms with Crippen molar-refractivity contribution in [2.45, 2.75) is 19.4 Å². The number of nitrogens with one attached hydrogen (secondary N) is 1. The van der Waals surface area contributed by atoms with Crippen LogP contribution in [0.1, 0.15) is 30.5 Å². The van der Waals surface area contributed by atoms with Crippen LogP contribution in [0.3, 0.4) is 0 Å². The SMILES string of the molecule is CC(c1ccccc1)N1C(=O)C(=Cc2c(NCCCN3CCOCC3)nc3ccccn3c2=O)SC1=S. The molecule has 2 fully saturated rings. The van der Waals surface area contributed by atoms with Crippen LogP contribution in [-0.2, 0) is 9.53 Å². The first kappa shape index (κ1) is 25.6. The Morgan fingerprint density at radius 3 is 2.68 bits per heavy atom. The van der Waals surface area contributed by atoms with Crippen molar-refractivity contribution in [3.63, 3.8) is 0 Å². The first-order valence-corrected chi connectivity index (χ1v) is 13.6. The van der Waals surface area contributed by atoms with Crippen molar-refractivity contribution in [2.75, 3.05) is 44.7 Å². The van der Waals surface area contributed by atoms with Crippen molar-refractivity contribution in [2.24, 2.45) is 0 Å². The van der Waals surface area contributed by atoms with Crippen molar-refractivity contribution in [1.29, 1.82) is 0 Å².